The number of para-hydroxylation sites is 2. The third-order valence-electron chi connectivity index (χ3n) is 6.47. The Hall–Kier alpha value is -5.06. The van der Waals surface area contributed by atoms with Crippen molar-refractivity contribution in [1.82, 2.24) is 10.6 Å². The summed E-state index contributed by atoms with van der Waals surface area (Å²) in [4.78, 5) is 75.6. The highest BCUT2D eigenvalue weighted by molar-refractivity contribution is 6.07. The van der Waals surface area contributed by atoms with Crippen LogP contribution < -0.4 is 20.9 Å². The van der Waals surface area contributed by atoms with Crippen molar-refractivity contribution in [3.8, 4) is 0 Å². The lowest BCUT2D eigenvalue weighted by molar-refractivity contribution is -0.139. The van der Waals surface area contributed by atoms with E-state index < -0.39 is 48.7 Å². The summed E-state index contributed by atoms with van der Waals surface area (Å²) in [7, 11) is 0. The zero-order valence-electron chi connectivity index (χ0n) is 23.2. The third kappa shape index (κ3) is 9.54. The van der Waals surface area contributed by atoms with E-state index in [1.165, 1.54) is 13.0 Å². The fourth-order valence-corrected chi connectivity index (χ4v) is 4.33. The third-order valence-corrected chi connectivity index (χ3v) is 6.47. The number of benzene rings is 2. The van der Waals surface area contributed by atoms with Gasteiger partial charge in [0, 0.05) is 12.0 Å². The Morgan fingerprint density at radius 2 is 1.69 bits per heavy atom. The molecule has 4 amide bonds. The molecule has 3 rings (SSSR count). The molecule has 220 valence electrons. The molecule has 11 heteroatoms. The zero-order valence-corrected chi connectivity index (χ0v) is 23.2. The normalized spacial score (nSPS) is 13.6. The summed E-state index contributed by atoms with van der Waals surface area (Å²) in [5.41, 5.74) is 1.94. The zero-order chi connectivity index (χ0) is 30.5. The minimum Gasteiger partial charge on any atom is -0.481 e. The smallest absolute Gasteiger partial charge is 0.305 e. The second kappa shape index (κ2) is 15.7. The minimum atomic E-state index is -1.30. The van der Waals surface area contributed by atoms with Crippen molar-refractivity contribution in [2.24, 2.45) is 0 Å². The number of aliphatic carboxylic acids is 1. The number of carbonyl (C=O) groups excluding carboxylic acids is 5. The van der Waals surface area contributed by atoms with Gasteiger partial charge in [-0.1, -0.05) is 54.1 Å². The van der Waals surface area contributed by atoms with E-state index in [2.05, 4.69) is 22.0 Å². The van der Waals surface area contributed by atoms with Crippen LogP contribution in [0.25, 0.3) is 0 Å². The van der Waals surface area contributed by atoms with Gasteiger partial charge in [-0.15, -0.1) is 0 Å². The first-order valence-electron chi connectivity index (χ1n) is 13.5. The number of aldehydes is 1. The maximum absolute atomic E-state index is 13.7. The quantitative estimate of drug-likeness (QED) is 0.252. The molecule has 0 bridgehead atoms. The van der Waals surface area contributed by atoms with Crippen molar-refractivity contribution in [1.29, 1.82) is 0 Å². The largest absolute Gasteiger partial charge is 0.481 e. The number of carboxylic acid groups (broad SMARTS) is 1. The van der Waals surface area contributed by atoms with Crippen LogP contribution in [0.3, 0.4) is 0 Å². The molecule has 0 saturated carbocycles. The van der Waals surface area contributed by atoms with E-state index in [0.717, 1.165) is 23.3 Å². The van der Waals surface area contributed by atoms with Crippen molar-refractivity contribution in [2.45, 2.75) is 51.1 Å². The van der Waals surface area contributed by atoms with Gasteiger partial charge >= 0.3 is 5.97 Å². The number of hydrogen-bond donors (Lipinski definition) is 4. The summed E-state index contributed by atoms with van der Waals surface area (Å²) in [6, 6.07) is 12.3. The SMILES string of the molecule is C[C@H](NC(=O)c1ccccc1)C(=O)N(CC(=O)N[C@H](C=O)CC(=O)O)c1ccccc1NC(=O)CCC1=CC=CCC1. The lowest BCUT2D eigenvalue weighted by atomic mass is 10.0. The summed E-state index contributed by atoms with van der Waals surface area (Å²) in [5.74, 6) is -3.55. The Morgan fingerprint density at radius 3 is 2.36 bits per heavy atom. The molecule has 11 nitrogen and oxygen atoms in total. The van der Waals surface area contributed by atoms with Crippen molar-refractivity contribution in [3.63, 3.8) is 0 Å². The molecule has 2 aromatic rings. The van der Waals surface area contributed by atoms with Crippen molar-refractivity contribution < 1.29 is 33.9 Å². The Kier molecular flexibility index (Phi) is 11.7. The van der Waals surface area contributed by atoms with E-state index in [1.807, 2.05) is 12.2 Å². The first-order chi connectivity index (χ1) is 20.2. The summed E-state index contributed by atoms with van der Waals surface area (Å²) >= 11 is 0. The molecule has 0 aliphatic heterocycles. The first kappa shape index (κ1) is 31.5. The fourth-order valence-electron chi connectivity index (χ4n) is 4.33. The topological polar surface area (TPSA) is 162 Å². The number of carbonyl (C=O) groups is 6. The van der Waals surface area contributed by atoms with Crippen LogP contribution in [0, 0.1) is 0 Å². The van der Waals surface area contributed by atoms with Gasteiger partial charge in [0.25, 0.3) is 5.91 Å². The Balaban J connectivity index is 1.83. The number of hydrogen-bond acceptors (Lipinski definition) is 6. The van der Waals surface area contributed by atoms with Crippen LogP contribution in [-0.4, -0.2) is 59.6 Å². The maximum Gasteiger partial charge on any atom is 0.305 e. The van der Waals surface area contributed by atoms with Gasteiger partial charge in [0.05, 0.1) is 23.8 Å². The molecular formula is C31H34N4O7. The minimum absolute atomic E-state index is 0.188. The van der Waals surface area contributed by atoms with Gasteiger partial charge in [-0.05, 0) is 50.5 Å². The highest BCUT2D eigenvalue weighted by Gasteiger charge is 2.28. The summed E-state index contributed by atoms with van der Waals surface area (Å²) in [6.45, 7) is 0.848. The van der Waals surface area contributed by atoms with Crippen LogP contribution in [0.15, 0.2) is 78.4 Å². The van der Waals surface area contributed by atoms with Gasteiger partial charge in [-0.3, -0.25) is 28.9 Å². The summed E-state index contributed by atoms with van der Waals surface area (Å²) in [5, 5.41) is 16.8. The van der Waals surface area contributed by atoms with Crippen LogP contribution in [0.2, 0.25) is 0 Å². The number of carboxylic acids is 1. The number of nitrogens with zero attached hydrogens (tertiary/aromatic N) is 1. The molecule has 2 aromatic carbocycles. The maximum atomic E-state index is 13.7. The van der Waals surface area contributed by atoms with Crippen LogP contribution in [0.4, 0.5) is 11.4 Å². The Morgan fingerprint density at radius 1 is 0.976 bits per heavy atom. The number of rotatable bonds is 14. The van der Waals surface area contributed by atoms with Gasteiger partial charge in [0.2, 0.25) is 17.7 Å². The molecule has 0 saturated heterocycles. The predicted octanol–water partition coefficient (Wildman–Crippen LogP) is 2.99. The van der Waals surface area contributed by atoms with Gasteiger partial charge in [-0.2, -0.15) is 0 Å². The first-order valence-corrected chi connectivity index (χ1v) is 13.5. The Labute approximate surface area is 243 Å². The number of amides is 4. The van der Waals surface area contributed by atoms with Gasteiger partial charge < -0.3 is 25.9 Å². The van der Waals surface area contributed by atoms with E-state index in [1.54, 1.807) is 48.5 Å². The molecule has 1 aliphatic rings. The lowest BCUT2D eigenvalue weighted by Gasteiger charge is -2.28. The second-order valence-electron chi connectivity index (χ2n) is 9.75. The Bertz CT molecular complexity index is 1370. The molecule has 0 heterocycles. The van der Waals surface area contributed by atoms with Gasteiger partial charge in [0.15, 0.2) is 0 Å². The molecule has 2 atom stereocenters. The molecule has 0 fully saturated rings. The van der Waals surface area contributed by atoms with Crippen LogP contribution in [-0.2, 0) is 24.0 Å². The van der Waals surface area contributed by atoms with E-state index in [4.69, 9.17) is 5.11 Å². The molecule has 0 unspecified atom stereocenters. The monoisotopic (exact) mass is 574 g/mol. The van der Waals surface area contributed by atoms with Crippen molar-refractivity contribution >= 4 is 47.3 Å². The summed E-state index contributed by atoms with van der Waals surface area (Å²) < 4.78 is 0. The van der Waals surface area contributed by atoms with E-state index in [0.29, 0.717) is 18.3 Å². The molecule has 0 aromatic heterocycles. The van der Waals surface area contributed by atoms with E-state index in [9.17, 15) is 28.8 Å². The predicted molar refractivity (Wildman–Crippen MR) is 157 cm³/mol. The second-order valence-corrected chi connectivity index (χ2v) is 9.75. The van der Waals surface area contributed by atoms with Crippen molar-refractivity contribution in [2.75, 3.05) is 16.8 Å². The lowest BCUT2D eigenvalue weighted by Crippen LogP contribution is -2.51. The molecule has 1 aliphatic carbocycles. The average Bonchev–Trinajstić information content (AvgIpc) is 2.99. The number of allylic oxidation sites excluding steroid dienone is 4. The molecule has 4 N–H and O–H groups in total. The number of nitrogens with one attached hydrogen (secondary N) is 3. The van der Waals surface area contributed by atoms with Gasteiger partial charge in [-0.25, -0.2) is 0 Å². The van der Waals surface area contributed by atoms with Crippen LogP contribution in [0.5, 0.6) is 0 Å². The average molecular weight is 575 g/mol. The van der Waals surface area contributed by atoms with Crippen LogP contribution >= 0.6 is 0 Å². The van der Waals surface area contributed by atoms with Crippen molar-refractivity contribution in [3.05, 3.63) is 84.0 Å². The molecule has 42 heavy (non-hydrogen) atoms. The molecule has 0 spiro atoms. The standard InChI is InChI=1S/C31H34N4O7/c1-21(32-30(41)23-12-6-3-7-13-23)31(42)35(19-28(38)33-24(20-36)18-29(39)40)26-15-9-8-14-25(26)34-27(37)17-16-22-10-4-2-5-11-22/h2-4,6-10,12-15,20-21,24H,5,11,16-19H2,1H3,(H,32,41)(H,33,38)(H,34,37)(H,39,40)/t21-,24-/m0/s1. The van der Waals surface area contributed by atoms with E-state index in [-0.39, 0.29) is 23.7 Å². The highest BCUT2D eigenvalue weighted by Crippen LogP contribution is 2.27. The fraction of sp³-hybridized carbons (Fsp3) is 0.290. The van der Waals surface area contributed by atoms with Gasteiger partial charge in [0.1, 0.15) is 18.9 Å². The summed E-state index contributed by atoms with van der Waals surface area (Å²) in [6.07, 6.45) is 8.27. The van der Waals surface area contributed by atoms with Crippen LogP contribution in [0.1, 0.15) is 49.4 Å². The molecule has 0 radical (unpaired) electrons. The number of anilines is 2. The molecular weight excluding hydrogens is 540 g/mol. The highest BCUT2D eigenvalue weighted by atomic mass is 16.4. The van der Waals surface area contributed by atoms with E-state index >= 15 is 0 Å².